The summed E-state index contributed by atoms with van der Waals surface area (Å²) in [6, 6.07) is 11.7. The Morgan fingerprint density at radius 2 is 2.04 bits per heavy atom. The smallest absolute Gasteiger partial charge is 0.258 e. The minimum Gasteiger partial charge on any atom is -0.367 e. The van der Waals surface area contributed by atoms with Crippen molar-refractivity contribution in [2.45, 2.75) is 19.6 Å². The van der Waals surface area contributed by atoms with Crippen molar-refractivity contribution in [3.05, 3.63) is 53.7 Å². The number of aromatic nitrogens is 3. The van der Waals surface area contributed by atoms with Gasteiger partial charge in [-0.15, -0.1) is 0 Å². The Labute approximate surface area is 139 Å². The molecular weight excluding hydrogens is 308 g/mol. The molecule has 7 nitrogen and oxygen atoms in total. The van der Waals surface area contributed by atoms with Crippen molar-refractivity contribution in [3.8, 4) is 11.5 Å². The van der Waals surface area contributed by atoms with Gasteiger partial charge < -0.3 is 13.8 Å². The van der Waals surface area contributed by atoms with Crippen LogP contribution in [0.5, 0.6) is 0 Å². The first-order valence-corrected chi connectivity index (χ1v) is 7.93. The third kappa shape index (κ3) is 3.22. The summed E-state index contributed by atoms with van der Waals surface area (Å²) in [6.07, 6.45) is -0.205. The fourth-order valence-electron chi connectivity index (χ4n) is 2.78. The lowest BCUT2D eigenvalue weighted by Gasteiger charge is -2.30. The van der Waals surface area contributed by atoms with Gasteiger partial charge in [-0.05, 0) is 19.1 Å². The third-order valence-electron chi connectivity index (χ3n) is 3.96. The Morgan fingerprint density at radius 1 is 1.17 bits per heavy atom. The van der Waals surface area contributed by atoms with Crippen molar-refractivity contribution in [1.82, 2.24) is 20.2 Å². The van der Waals surface area contributed by atoms with E-state index in [0.29, 0.717) is 31.4 Å². The maximum Gasteiger partial charge on any atom is 0.258 e. The predicted octanol–water partition coefficient (Wildman–Crippen LogP) is 2.61. The minimum absolute atomic E-state index is 0.205. The number of ether oxygens (including phenoxy) is 1. The van der Waals surface area contributed by atoms with Crippen LogP contribution < -0.4 is 0 Å². The van der Waals surface area contributed by atoms with E-state index >= 15 is 0 Å². The second-order valence-electron chi connectivity index (χ2n) is 5.85. The van der Waals surface area contributed by atoms with E-state index in [4.69, 9.17) is 13.8 Å². The number of hydrogen-bond donors (Lipinski definition) is 0. The average molecular weight is 326 g/mol. The van der Waals surface area contributed by atoms with Gasteiger partial charge in [0.05, 0.1) is 18.8 Å². The first-order chi connectivity index (χ1) is 11.8. The van der Waals surface area contributed by atoms with Crippen LogP contribution in [-0.2, 0) is 11.3 Å². The topological polar surface area (TPSA) is 77.4 Å². The minimum atomic E-state index is -0.205. The van der Waals surface area contributed by atoms with E-state index in [2.05, 4.69) is 20.2 Å². The predicted molar refractivity (Wildman–Crippen MR) is 84.9 cm³/mol. The van der Waals surface area contributed by atoms with Crippen molar-refractivity contribution in [2.75, 3.05) is 19.7 Å². The van der Waals surface area contributed by atoms with Gasteiger partial charge in [-0.2, -0.15) is 4.98 Å². The highest BCUT2D eigenvalue weighted by Gasteiger charge is 2.27. The van der Waals surface area contributed by atoms with E-state index in [1.807, 2.05) is 43.3 Å². The highest BCUT2D eigenvalue weighted by molar-refractivity contribution is 5.52. The van der Waals surface area contributed by atoms with E-state index in [1.54, 1.807) is 0 Å². The molecule has 0 unspecified atom stereocenters. The molecule has 1 aliphatic rings. The van der Waals surface area contributed by atoms with Gasteiger partial charge in [0.15, 0.2) is 5.76 Å². The summed E-state index contributed by atoms with van der Waals surface area (Å²) in [7, 11) is 0. The van der Waals surface area contributed by atoms with Gasteiger partial charge in [0, 0.05) is 24.7 Å². The molecule has 1 saturated heterocycles. The number of morpholine rings is 1. The molecular formula is C17H18N4O3. The maximum atomic E-state index is 5.81. The third-order valence-corrected chi connectivity index (χ3v) is 3.96. The summed E-state index contributed by atoms with van der Waals surface area (Å²) in [4.78, 5) is 6.73. The molecule has 24 heavy (non-hydrogen) atoms. The first kappa shape index (κ1) is 15.0. The van der Waals surface area contributed by atoms with Crippen molar-refractivity contribution >= 4 is 0 Å². The van der Waals surface area contributed by atoms with Crippen molar-refractivity contribution in [1.29, 1.82) is 0 Å². The molecule has 0 amide bonds. The Morgan fingerprint density at radius 3 is 2.83 bits per heavy atom. The van der Waals surface area contributed by atoms with Crippen LogP contribution in [0.1, 0.15) is 23.4 Å². The molecule has 0 spiro atoms. The van der Waals surface area contributed by atoms with Crippen LogP contribution in [0.3, 0.4) is 0 Å². The number of aryl methyl sites for hydroxylation is 1. The summed E-state index contributed by atoms with van der Waals surface area (Å²) in [5.74, 6) is 1.94. The normalized spacial score (nSPS) is 18.8. The highest BCUT2D eigenvalue weighted by Crippen LogP contribution is 2.24. The molecule has 3 heterocycles. The maximum absolute atomic E-state index is 5.81. The zero-order valence-corrected chi connectivity index (χ0v) is 13.4. The van der Waals surface area contributed by atoms with E-state index in [9.17, 15) is 0 Å². The van der Waals surface area contributed by atoms with Crippen LogP contribution in [0.15, 0.2) is 45.4 Å². The largest absolute Gasteiger partial charge is 0.367 e. The van der Waals surface area contributed by atoms with Crippen LogP contribution in [0.4, 0.5) is 0 Å². The molecule has 1 aromatic carbocycles. The standard InChI is InChI=1S/C17H18N4O3/c1-12-9-14(23-19-12)10-21-7-8-22-15(11-21)16-18-17(24-20-16)13-5-3-2-4-6-13/h2-6,9,15H,7-8,10-11H2,1H3/t15-/m0/s1. The van der Waals surface area contributed by atoms with E-state index in [-0.39, 0.29) is 6.10 Å². The van der Waals surface area contributed by atoms with Gasteiger partial charge in [-0.25, -0.2) is 0 Å². The summed E-state index contributed by atoms with van der Waals surface area (Å²) in [5.41, 5.74) is 1.79. The van der Waals surface area contributed by atoms with Crippen LogP contribution in [0, 0.1) is 6.92 Å². The summed E-state index contributed by atoms with van der Waals surface area (Å²) < 4.78 is 16.5. The first-order valence-electron chi connectivity index (χ1n) is 7.93. The lowest BCUT2D eigenvalue weighted by Crippen LogP contribution is -2.38. The second-order valence-corrected chi connectivity index (χ2v) is 5.85. The Kier molecular flexibility index (Phi) is 4.10. The van der Waals surface area contributed by atoms with E-state index < -0.39 is 0 Å². The molecule has 3 aromatic rings. The van der Waals surface area contributed by atoms with Crippen LogP contribution in [0.25, 0.3) is 11.5 Å². The fraction of sp³-hybridized carbons (Fsp3) is 0.353. The van der Waals surface area contributed by atoms with Gasteiger partial charge in [-0.1, -0.05) is 28.5 Å². The number of nitrogens with zero attached hydrogens (tertiary/aromatic N) is 4. The zero-order chi connectivity index (χ0) is 16.4. The molecule has 2 aromatic heterocycles. The van der Waals surface area contributed by atoms with Gasteiger partial charge in [0.25, 0.3) is 5.89 Å². The van der Waals surface area contributed by atoms with Gasteiger partial charge >= 0.3 is 0 Å². The molecule has 1 fully saturated rings. The SMILES string of the molecule is Cc1cc(CN2CCO[C@H](c3noc(-c4ccccc4)n3)C2)on1. The Bertz CT molecular complexity index is 799. The van der Waals surface area contributed by atoms with Crippen LogP contribution >= 0.6 is 0 Å². The van der Waals surface area contributed by atoms with Crippen molar-refractivity contribution in [3.63, 3.8) is 0 Å². The lowest BCUT2D eigenvalue weighted by molar-refractivity contribution is -0.0401. The number of benzene rings is 1. The quantitative estimate of drug-likeness (QED) is 0.729. The zero-order valence-electron chi connectivity index (χ0n) is 13.4. The summed E-state index contributed by atoms with van der Waals surface area (Å²) >= 11 is 0. The Hall–Kier alpha value is -2.51. The summed E-state index contributed by atoms with van der Waals surface area (Å²) in [6.45, 7) is 4.75. The number of rotatable bonds is 4. The van der Waals surface area contributed by atoms with E-state index in [0.717, 1.165) is 23.6 Å². The molecule has 1 atom stereocenters. The fourth-order valence-corrected chi connectivity index (χ4v) is 2.78. The molecule has 0 N–H and O–H groups in total. The number of hydrogen-bond acceptors (Lipinski definition) is 7. The molecule has 4 rings (SSSR count). The average Bonchev–Trinajstić information content (AvgIpc) is 3.25. The molecule has 0 aliphatic carbocycles. The molecule has 7 heteroatoms. The molecule has 0 saturated carbocycles. The van der Waals surface area contributed by atoms with Gasteiger partial charge in [0.1, 0.15) is 6.10 Å². The monoisotopic (exact) mass is 326 g/mol. The highest BCUT2D eigenvalue weighted by atomic mass is 16.5. The Balaban J connectivity index is 1.45. The lowest BCUT2D eigenvalue weighted by atomic mass is 10.2. The van der Waals surface area contributed by atoms with E-state index in [1.165, 1.54) is 0 Å². The van der Waals surface area contributed by atoms with Crippen molar-refractivity contribution in [2.24, 2.45) is 0 Å². The molecule has 0 bridgehead atoms. The molecule has 0 radical (unpaired) electrons. The second kappa shape index (κ2) is 6.54. The van der Waals surface area contributed by atoms with Gasteiger partial charge in [-0.3, -0.25) is 4.90 Å². The van der Waals surface area contributed by atoms with Gasteiger partial charge in [0.2, 0.25) is 5.82 Å². The molecule has 124 valence electrons. The van der Waals surface area contributed by atoms with Crippen LogP contribution in [-0.4, -0.2) is 39.9 Å². The van der Waals surface area contributed by atoms with Crippen molar-refractivity contribution < 1.29 is 13.8 Å². The molecule has 1 aliphatic heterocycles. The summed E-state index contributed by atoms with van der Waals surface area (Å²) in [5, 5.41) is 8.01. The van der Waals surface area contributed by atoms with Crippen LogP contribution in [0.2, 0.25) is 0 Å².